The third-order valence-electron chi connectivity index (χ3n) is 7.42. The summed E-state index contributed by atoms with van der Waals surface area (Å²) < 4.78 is 5.28. The fourth-order valence-electron chi connectivity index (χ4n) is 5.27. The van der Waals surface area contributed by atoms with Gasteiger partial charge in [-0.2, -0.15) is 0 Å². The van der Waals surface area contributed by atoms with Gasteiger partial charge >= 0.3 is 0 Å². The van der Waals surface area contributed by atoms with Gasteiger partial charge in [-0.15, -0.1) is 0 Å². The highest BCUT2D eigenvalue weighted by Crippen LogP contribution is 2.28. The van der Waals surface area contributed by atoms with Crippen molar-refractivity contribution < 1.29 is 9.53 Å². The largest absolute Gasteiger partial charge is 0.497 e. The monoisotopic (exact) mass is 458 g/mol. The molecule has 178 valence electrons. The van der Waals surface area contributed by atoms with Crippen LogP contribution in [-0.2, 0) is 0 Å². The van der Waals surface area contributed by atoms with Crippen molar-refractivity contribution in [3.05, 3.63) is 60.2 Å². The maximum Gasteiger partial charge on any atom is 0.252 e. The highest BCUT2D eigenvalue weighted by atomic mass is 16.5. The Labute approximate surface area is 201 Å². The number of nitrogens with zero attached hydrogens (tertiary/aromatic N) is 3. The van der Waals surface area contributed by atoms with E-state index in [2.05, 4.69) is 34.2 Å². The first-order valence-electron chi connectivity index (χ1n) is 12.5. The molecule has 0 spiro atoms. The van der Waals surface area contributed by atoms with Crippen LogP contribution >= 0.6 is 0 Å². The van der Waals surface area contributed by atoms with Crippen molar-refractivity contribution in [2.45, 2.75) is 38.6 Å². The van der Waals surface area contributed by atoms with E-state index < -0.39 is 0 Å². The average Bonchev–Trinajstić information content (AvgIpc) is 2.89. The van der Waals surface area contributed by atoms with E-state index in [1.54, 1.807) is 7.11 Å². The lowest BCUT2D eigenvalue weighted by atomic mass is 9.86. The molecule has 34 heavy (non-hydrogen) atoms. The number of aromatic nitrogens is 1. The number of para-hydroxylation sites is 1. The van der Waals surface area contributed by atoms with Crippen molar-refractivity contribution in [3.8, 4) is 5.75 Å². The summed E-state index contributed by atoms with van der Waals surface area (Å²) in [7, 11) is 1.69. The quantitative estimate of drug-likeness (QED) is 0.591. The van der Waals surface area contributed by atoms with Gasteiger partial charge in [0.05, 0.1) is 18.2 Å². The predicted molar refractivity (Wildman–Crippen MR) is 138 cm³/mol. The first-order chi connectivity index (χ1) is 16.6. The summed E-state index contributed by atoms with van der Waals surface area (Å²) in [5, 5.41) is 4.26. The molecule has 2 fully saturated rings. The van der Waals surface area contributed by atoms with Crippen LogP contribution in [0.4, 0.5) is 11.5 Å². The second-order valence-corrected chi connectivity index (χ2v) is 9.56. The van der Waals surface area contributed by atoms with Gasteiger partial charge in [-0.25, -0.2) is 4.98 Å². The summed E-state index contributed by atoms with van der Waals surface area (Å²) in [6, 6.07) is 18.5. The summed E-state index contributed by atoms with van der Waals surface area (Å²) >= 11 is 0. The molecule has 2 heterocycles. The minimum Gasteiger partial charge on any atom is -0.497 e. The van der Waals surface area contributed by atoms with Gasteiger partial charge in [-0.3, -0.25) is 4.79 Å². The summed E-state index contributed by atoms with van der Waals surface area (Å²) in [6.45, 7) is 5.78. The molecular formula is C28H34N4O2. The third-order valence-corrected chi connectivity index (χ3v) is 7.42. The number of ether oxygens (including phenoxy) is 1. The van der Waals surface area contributed by atoms with Gasteiger partial charge in [0.25, 0.3) is 5.91 Å². The van der Waals surface area contributed by atoms with Crippen molar-refractivity contribution >= 4 is 28.3 Å². The van der Waals surface area contributed by atoms with E-state index in [0.29, 0.717) is 5.92 Å². The Kier molecular flexibility index (Phi) is 6.57. The molecule has 5 rings (SSSR count). The van der Waals surface area contributed by atoms with E-state index in [4.69, 9.17) is 9.72 Å². The van der Waals surface area contributed by atoms with Crippen LogP contribution in [0.5, 0.6) is 5.75 Å². The van der Waals surface area contributed by atoms with Gasteiger partial charge in [0.15, 0.2) is 0 Å². The number of amides is 1. The van der Waals surface area contributed by atoms with Crippen molar-refractivity contribution in [2.24, 2.45) is 5.92 Å². The third kappa shape index (κ3) is 4.67. The van der Waals surface area contributed by atoms with E-state index in [0.717, 1.165) is 60.6 Å². The summed E-state index contributed by atoms with van der Waals surface area (Å²) in [5.41, 5.74) is 2.81. The fraction of sp³-hybridized carbons (Fsp3) is 0.429. The maximum atomic E-state index is 13.4. The first kappa shape index (κ1) is 22.5. The fourth-order valence-corrected chi connectivity index (χ4v) is 5.27. The lowest BCUT2D eigenvalue weighted by molar-refractivity contribution is 0.0912. The molecule has 1 N–H and O–H groups in total. The average molecular weight is 459 g/mol. The molecule has 6 nitrogen and oxygen atoms in total. The topological polar surface area (TPSA) is 57.7 Å². The number of piperazine rings is 1. The zero-order valence-electron chi connectivity index (χ0n) is 20.2. The van der Waals surface area contributed by atoms with Crippen LogP contribution < -0.4 is 19.9 Å². The van der Waals surface area contributed by atoms with Crippen molar-refractivity contribution in [2.75, 3.05) is 43.1 Å². The van der Waals surface area contributed by atoms with Gasteiger partial charge in [0.1, 0.15) is 11.6 Å². The molecule has 2 aliphatic rings. The van der Waals surface area contributed by atoms with Crippen LogP contribution in [-0.4, -0.2) is 50.2 Å². The molecule has 1 aliphatic heterocycles. The van der Waals surface area contributed by atoms with E-state index in [9.17, 15) is 4.79 Å². The Hall–Kier alpha value is -3.28. The van der Waals surface area contributed by atoms with Crippen LogP contribution in [0.25, 0.3) is 10.9 Å². The Morgan fingerprint density at radius 2 is 1.68 bits per heavy atom. The van der Waals surface area contributed by atoms with Gasteiger partial charge in [0.2, 0.25) is 0 Å². The van der Waals surface area contributed by atoms with E-state index >= 15 is 0 Å². The van der Waals surface area contributed by atoms with Crippen molar-refractivity contribution in [1.82, 2.24) is 10.3 Å². The second-order valence-electron chi connectivity index (χ2n) is 9.56. The standard InChI is InChI=1S/C28H34N4O2/c1-20-7-3-5-9-25(20)30-28(33)24-19-27(29-26-10-6-4-8-23(24)26)32-17-15-31(16-18-32)21-11-13-22(34-2)14-12-21/h4,6,8,10-14,19-20,25H,3,5,7,9,15-18H2,1-2H3,(H,30,33)/t20-,25-/m1/s1. The Morgan fingerprint density at radius 3 is 2.41 bits per heavy atom. The molecule has 3 aromatic rings. The smallest absolute Gasteiger partial charge is 0.252 e. The molecule has 6 heteroatoms. The number of hydrogen-bond donors (Lipinski definition) is 1. The molecule has 1 amide bonds. The number of rotatable bonds is 5. The van der Waals surface area contributed by atoms with Crippen LogP contribution in [0.2, 0.25) is 0 Å². The van der Waals surface area contributed by atoms with Crippen molar-refractivity contribution in [1.29, 1.82) is 0 Å². The normalized spacial score (nSPS) is 20.9. The molecule has 2 atom stereocenters. The summed E-state index contributed by atoms with van der Waals surface area (Å²) in [4.78, 5) is 23.0. The lowest BCUT2D eigenvalue weighted by Gasteiger charge is -2.37. The number of fused-ring (bicyclic) bond motifs is 1. The number of nitrogens with one attached hydrogen (secondary N) is 1. The van der Waals surface area contributed by atoms with Crippen LogP contribution in [0.1, 0.15) is 43.0 Å². The molecule has 0 bridgehead atoms. The number of methoxy groups -OCH3 is 1. The highest BCUT2D eigenvalue weighted by molar-refractivity contribution is 6.07. The van der Waals surface area contributed by atoms with Gasteiger partial charge < -0.3 is 19.9 Å². The number of anilines is 2. The molecular weight excluding hydrogens is 424 g/mol. The molecule has 0 unspecified atom stereocenters. The Bertz CT molecular complexity index is 1140. The van der Waals surface area contributed by atoms with E-state index in [1.807, 2.05) is 42.5 Å². The SMILES string of the molecule is COc1ccc(N2CCN(c3cc(C(=O)N[C@@H]4CCCC[C@H]4C)c4ccccc4n3)CC2)cc1. The van der Waals surface area contributed by atoms with E-state index in [1.165, 1.54) is 24.9 Å². The molecule has 0 radical (unpaired) electrons. The first-order valence-corrected chi connectivity index (χ1v) is 12.5. The van der Waals surface area contributed by atoms with Crippen LogP contribution in [0.15, 0.2) is 54.6 Å². The molecule has 1 aromatic heterocycles. The van der Waals surface area contributed by atoms with E-state index in [-0.39, 0.29) is 11.9 Å². The minimum absolute atomic E-state index is 0.0236. The number of benzene rings is 2. The Balaban J connectivity index is 1.35. The molecule has 1 saturated heterocycles. The number of carbonyl (C=O) groups is 1. The predicted octanol–water partition coefficient (Wildman–Crippen LogP) is 4.88. The summed E-state index contributed by atoms with van der Waals surface area (Å²) in [5.74, 6) is 2.30. The second kappa shape index (κ2) is 9.92. The zero-order chi connectivity index (χ0) is 23.5. The van der Waals surface area contributed by atoms with Gasteiger partial charge in [0, 0.05) is 43.3 Å². The number of pyridine rings is 1. The lowest BCUT2D eigenvalue weighted by Crippen LogP contribution is -2.47. The number of carbonyl (C=O) groups excluding carboxylic acids is 1. The zero-order valence-corrected chi connectivity index (χ0v) is 20.2. The highest BCUT2D eigenvalue weighted by Gasteiger charge is 2.25. The maximum absolute atomic E-state index is 13.4. The number of hydrogen-bond acceptors (Lipinski definition) is 5. The molecule has 2 aromatic carbocycles. The summed E-state index contributed by atoms with van der Waals surface area (Å²) in [6.07, 6.45) is 4.70. The molecule has 1 aliphatic carbocycles. The minimum atomic E-state index is 0.0236. The van der Waals surface area contributed by atoms with Gasteiger partial charge in [-0.05, 0) is 55.2 Å². The Morgan fingerprint density at radius 1 is 0.971 bits per heavy atom. The van der Waals surface area contributed by atoms with Crippen LogP contribution in [0.3, 0.4) is 0 Å². The van der Waals surface area contributed by atoms with Gasteiger partial charge in [-0.1, -0.05) is 38.0 Å². The van der Waals surface area contributed by atoms with Crippen molar-refractivity contribution in [3.63, 3.8) is 0 Å². The van der Waals surface area contributed by atoms with Crippen LogP contribution in [0, 0.1) is 5.92 Å². The molecule has 1 saturated carbocycles.